The summed E-state index contributed by atoms with van der Waals surface area (Å²) in [7, 11) is -4.28. The molecule has 168 valence electrons. The molecule has 12 nitrogen and oxygen atoms in total. The van der Waals surface area contributed by atoms with E-state index in [4.69, 9.17) is 20.9 Å². The number of rotatable bonds is 9. The van der Waals surface area contributed by atoms with Crippen molar-refractivity contribution in [3.63, 3.8) is 0 Å². The maximum atomic E-state index is 12.1. The number of carbonyl (C=O) groups is 1. The van der Waals surface area contributed by atoms with E-state index in [-0.39, 0.29) is 31.5 Å². The van der Waals surface area contributed by atoms with Crippen molar-refractivity contribution in [2.45, 2.75) is 45.8 Å². The molecule has 1 aliphatic heterocycles. The van der Waals surface area contributed by atoms with E-state index in [1.54, 1.807) is 6.92 Å². The Balaban J connectivity index is 2.11. The van der Waals surface area contributed by atoms with Crippen LogP contribution < -0.4 is 21.5 Å². The molecule has 0 radical (unpaired) electrons. The molecule has 1 aromatic heterocycles. The number of nitrogens with zero attached hydrogens (tertiary/aromatic N) is 2. The Morgan fingerprint density at radius 2 is 1.97 bits per heavy atom. The molecule has 0 bridgehead atoms. The van der Waals surface area contributed by atoms with Crippen LogP contribution in [0.25, 0.3) is 0 Å². The smallest absolute Gasteiger partial charge is 0.354 e. The average Bonchev–Trinajstić information content (AvgIpc) is 3.07. The first-order chi connectivity index (χ1) is 13.7. The van der Waals surface area contributed by atoms with Crippen molar-refractivity contribution in [1.82, 2.24) is 15.3 Å². The number of hydrogen-bond donors (Lipinski definition) is 5. The van der Waals surface area contributed by atoms with Crippen LogP contribution in [0.4, 0.5) is 0 Å². The lowest BCUT2D eigenvalue weighted by Crippen LogP contribution is -2.44. The molecule has 1 aromatic rings. The zero-order valence-corrected chi connectivity index (χ0v) is 18.4. The average molecular weight is 445 g/mol. The summed E-state index contributed by atoms with van der Waals surface area (Å²) in [6.45, 7) is 7.95. The van der Waals surface area contributed by atoms with Gasteiger partial charge < -0.3 is 36.3 Å². The molecule has 0 spiro atoms. The molecule has 1 atom stereocenters. The van der Waals surface area contributed by atoms with Crippen LogP contribution in [0.2, 0.25) is 0 Å². The predicted octanol–water partition coefficient (Wildman–Crippen LogP) is -0.893. The van der Waals surface area contributed by atoms with E-state index < -0.39 is 37.9 Å². The number of amidine groups is 1. The largest absolute Gasteiger partial charge is 0.462 e. The highest BCUT2D eigenvalue weighted by molar-refractivity contribution is 7.95. The van der Waals surface area contributed by atoms with Gasteiger partial charge in [-0.25, -0.2) is 9.78 Å². The van der Waals surface area contributed by atoms with Gasteiger partial charge in [0, 0.05) is 6.54 Å². The number of nitrogens with one attached hydrogen (secondary N) is 2. The van der Waals surface area contributed by atoms with Gasteiger partial charge in [0.15, 0.2) is 5.84 Å². The summed E-state index contributed by atoms with van der Waals surface area (Å²) in [5.74, 6) is -1.48. The fraction of sp³-hybridized carbons (Fsp3) is 0.588. The predicted molar refractivity (Wildman–Crippen MR) is 109 cm³/mol. The normalized spacial score (nSPS) is 18.0. The monoisotopic (exact) mass is 444 g/mol. The van der Waals surface area contributed by atoms with Crippen molar-refractivity contribution >= 4 is 21.8 Å². The molecular formula is C17H28N6O6S. The third-order valence-corrected chi connectivity index (χ3v) is 5.42. The number of aliphatic hydroxyl groups is 1. The van der Waals surface area contributed by atoms with Crippen LogP contribution in [0.15, 0.2) is 15.0 Å². The Bertz CT molecular complexity index is 987. The second-order valence-electron chi connectivity index (χ2n) is 7.74. The van der Waals surface area contributed by atoms with Crippen LogP contribution >= 0.6 is 0 Å². The van der Waals surface area contributed by atoms with Gasteiger partial charge in [-0.2, -0.15) is 8.42 Å². The van der Waals surface area contributed by atoms with Crippen molar-refractivity contribution < 1.29 is 27.8 Å². The third-order valence-electron chi connectivity index (χ3n) is 4.09. The third kappa shape index (κ3) is 5.29. The molecule has 7 N–H and O–H groups in total. The van der Waals surface area contributed by atoms with Gasteiger partial charge >= 0.3 is 5.97 Å². The van der Waals surface area contributed by atoms with E-state index in [2.05, 4.69) is 19.7 Å². The zero-order valence-electron chi connectivity index (χ0n) is 17.6. The van der Waals surface area contributed by atoms with Gasteiger partial charge in [0.2, 0.25) is 4.91 Å². The minimum Gasteiger partial charge on any atom is -0.462 e. The molecule has 1 aliphatic rings. The lowest BCUT2D eigenvalue weighted by atomic mass is 10.0. The number of H-pyrrole nitrogens is 1. The summed E-state index contributed by atoms with van der Waals surface area (Å²) in [6.07, 6.45) is 0. The summed E-state index contributed by atoms with van der Waals surface area (Å²) in [5, 5.41) is 13.3. The maximum Gasteiger partial charge on any atom is 0.354 e. The van der Waals surface area contributed by atoms with Gasteiger partial charge in [0.25, 0.3) is 16.0 Å². The van der Waals surface area contributed by atoms with Crippen molar-refractivity contribution in [1.29, 1.82) is 0 Å². The highest BCUT2D eigenvalue weighted by Gasteiger charge is 2.38. The van der Waals surface area contributed by atoms with Crippen LogP contribution in [-0.2, 0) is 25.1 Å². The number of sulfonamides is 1. The summed E-state index contributed by atoms with van der Waals surface area (Å²) in [4.78, 5) is 18.5. The SMILES string of the molecule is CCOC(=O)C1=C(NCC(C)(O)COc2nc(C)c(C(C)(C)N)[nH]2)C(N)=NS1(=O)=O. The van der Waals surface area contributed by atoms with Crippen LogP contribution in [0.1, 0.15) is 39.1 Å². The van der Waals surface area contributed by atoms with E-state index in [0.717, 1.165) is 0 Å². The number of ether oxygens (including phenoxy) is 2. The Kier molecular flexibility index (Phi) is 6.49. The molecule has 2 heterocycles. The summed E-state index contributed by atoms with van der Waals surface area (Å²) in [6, 6.07) is 0.178. The summed E-state index contributed by atoms with van der Waals surface area (Å²) >= 11 is 0. The highest BCUT2D eigenvalue weighted by Crippen LogP contribution is 2.24. The minimum atomic E-state index is -4.28. The molecule has 2 rings (SSSR count). The van der Waals surface area contributed by atoms with Gasteiger partial charge in [-0.1, -0.05) is 0 Å². The molecule has 13 heteroatoms. The van der Waals surface area contributed by atoms with Crippen LogP contribution in [0.3, 0.4) is 0 Å². The summed E-state index contributed by atoms with van der Waals surface area (Å²) < 4.78 is 37.7. The molecule has 0 saturated heterocycles. The molecule has 0 saturated carbocycles. The van der Waals surface area contributed by atoms with Gasteiger partial charge in [-0.3, -0.25) is 0 Å². The number of nitrogens with two attached hydrogens (primary N) is 2. The number of aryl methyl sites for hydroxylation is 1. The Hall–Kier alpha value is -2.64. The van der Waals surface area contributed by atoms with Crippen molar-refractivity contribution in [2.75, 3.05) is 19.8 Å². The fourth-order valence-electron chi connectivity index (χ4n) is 2.72. The number of esters is 1. The first-order valence-electron chi connectivity index (χ1n) is 9.15. The maximum absolute atomic E-state index is 12.1. The quantitative estimate of drug-likeness (QED) is 0.298. The minimum absolute atomic E-state index is 0.0270. The van der Waals surface area contributed by atoms with Crippen LogP contribution in [0, 0.1) is 6.92 Å². The molecule has 0 fully saturated rings. The van der Waals surface area contributed by atoms with Crippen LogP contribution in [-0.4, -0.2) is 60.7 Å². The number of aromatic nitrogens is 2. The van der Waals surface area contributed by atoms with E-state index in [9.17, 15) is 18.3 Å². The fourth-order valence-corrected chi connectivity index (χ4v) is 3.87. The first kappa shape index (κ1) is 23.6. The number of carbonyl (C=O) groups excluding carboxylic acids is 1. The number of hydrogen-bond acceptors (Lipinski definition) is 10. The van der Waals surface area contributed by atoms with Gasteiger partial charge in [0.05, 0.1) is 23.5 Å². The van der Waals surface area contributed by atoms with E-state index in [0.29, 0.717) is 11.4 Å². The standard InChI is InChI=1S/C17H28N6O6S/c1-6-28-14(24)11-10(13(18)23-30(11,26)27)20-7-17(5,25)8-29-15-21-9(2)12(22-15)16(3,4)19/h20,25H,6-8,19H2,1-5H3,(H2,18,23)(H,21,22). The van der Waals surface area contributed by atoms with Crippen molar-refractivity contribution in [3.05, 3.63) is 22.0 Å². The second-order valence-corrected chi connectivity index (χ2v) is 9.28. The Labute approximate surface area is 174 Å². The second kappa shape index (κ2) is 8.24. The number of aromatic amines is 1. The lowest BCUT2D eigenvalue weighted by molar-refractivity contribution is -0.137. The zero-order chi connectivity index (χ0) is 22.9. The molecule has 0 aromatic carbocycles. The van der Waals surface area contributed by atoms with Crippen molar-refractivity contribution in [2.24, 2.45) is 15.9 Å². The Morgan fingerprint density at radius 1 is 1.33 bits per heavy atom. The summed E-state index contributed by atoms with van der Waals surface area (Å²) in [5.41, 5.74) is 10.7. The van der Waals surface area contributed by atoms with E-state index in [1.165, 1.54) is 13.8 Å². The van der Waals surface area contributed by atoms with E-state index >= 15 is 0 Å². The molecule has 0 amide bonds. The van der Waals surface area contributed by atoms with Gasteiger partial charge in [-0.15, -0.1) is 4.40 Å². The number of imidazole rings is 1. The molecule has 0 aliphatic carbocycles. The molecular weight excluding hydrogens is 416 g/mol. The van der Waals surface area contributed by atoms with E-state index in [1.807, 2.05) is 13.8 Å². The molecule has 30 heavy (non-hydrogen) atoms. The first-order valence-corrected chi connectivity index (χ1v) is 10.6. The molecule has 1 unspecified atom stereocenters. The van der Waals surface area contributed by atoms with Crippen molar-refractivity contribution in [3.8, 4) is 6.01 Å². The Morgan fingerprint density at radius 3 is 2.50 bits per heavy atom. The highest BCUT2D eigenvalue weighted by atomic mass is 32.2. The lowest BCUT2D eigenvalue weighted by Gasteiger charge is -2.24. The topological polar surface area (TPSA) is 195 Å². The van der Waals surface area contributed by atoms with Gasteiger partial charge in [-0.05, 0) is 34.6 Å². The van der Waals surface area contributed by atoms with Gasteiger partial charge in [0.1, 0.15) is 17.9 Å². The van der Waals surface area contributed by atoms with Crippen LogP contribution in [0.5, 0.6) is 6.01 Å².